The van der Waals surface area contributed by atoms with E-state index in [0.29, 0.717) is 19.3 Å². The Bertz CT molecular complexity index is 723. The molecule has 1 aromatic carbocycles. The van der Waals surface area contributed by atoms with E-state index < -0.39 is 23.9 Å². The first-order valence-corrected chi connectivity index (χ1v) is 12.7. The molecule has 0 N–H and O–H groups in total. The average molecular weight is 503 g/mol. The molecule has 35 heavy (non-hydrogen) atoms. The van der Waals surface area contributed by atoms with Crippen LogP contribution in [0.15, 0.2) is 30.3 Å². The number of ether oxygens (including phenoxy) is 3. The Morgan fingerprint density at radius 3 is 1.89 bits per heavy atom. The Morgan fingerprint density at radius 2 is 1.37 bits per heavy atom. The molecule has 200 valence electrons. The summed E-state index contributed by atoms with van der Waals surface area (Å²) in [5.41, 5.74) is -3.44. The molecule has 0 aromatic heterocycles. The molecule has 1 aromatic rings. The van der Waals surface area contributed by atoms with Crippen LogP contribution in [0.5, 0.6) is 0 Å². The maximum Gasteiger partial charge on any atom is 0.432 e. The van der Waals surface area contributed by atoms with Gasteiger partial charge in [0.25, 0.3) is 5.60 Å². The normalized spacial score (nSPS) is 14.2. The van der Waals surface area contributed by atoms with Gasteiger partial charge in [0.15, 0.2) is 0 Å². The van der Waals surface area contributed by atoms with Gasteiger partial charge in [-0.3, -0.25) is 4.79 Å². The first kappa shape index (κ1) is 30.9. The summed E-state index contributed by atoms with van der Waals surface area (Å²) in [6.45, 7) is 2.04. The van der Waals surface area contributed by atoms with E-state index in [1.165, 1.54) is 31.4 Å². The molecule has 5 nitrogen and oxygen atoms in total. The van der Waals surface area contributed by atoms with Crippen LogP contribution < -0.4 is 0 Å². The van der Waals surface area contributed by atoms with Gasteiger partial charge in [-0.1, -0.05) is 82.2 Å². The highest BCUT2D eigenvalue weighted by Gasteiger charge is 2.64. The van der Waals surface area contributed by atoms with Crippen LogP contribution in [0.3, 0.4) is 0 Å². The molecular weight excluding hydrogens is 461 g/mol. The van der Waals surface area contributed by atoms with Crippen molar-refractivity contribution >= 4 is 11.9 Å². The number of carbonyl (C=O) groups excluding carboxylic acids is 2. The standard InChI is InChI=1S/C27H41F3O5/c1-4-5-12-19-23(20-15-9-7-6-8-10-16-21-24(31)33-2)35-25(32)26(34-3,27(28,29)30)22-17-13-11-14-18-22/h11,13-14,17-18,23H,4-10,12,15-16,19-21H2,1-3H3/t23-,26+/m0/s1. The van der Waals surface area contributed by atoms with Gasteiger partial charge < -0.3 is 14.2 Å². The topological polar surface area (TPSA) is 61.8 Å². The molecule has 0 aliphatic heterocycles. The van der Waals surface area contributed by atoms with E-state index in [-0.39, 0.29) is 11.5 Å². The Morgan fingerprint density at radius 1 is 0.829 bits per heavy atom. The van der Waals surface area contributed by atoms with E-state index in [0.717, 1.165) is 71.3 Å². The molecule has 0 saturated heterocycles. The van der Waals surface area contributed by atoms with Crippen molar-refractivity contribution in [1.29, 1.82) is 0 Å². The van der Waals surface area contributed by atoms with Crippen LogP contribution in [0.25, 0.3) is 0 Å². The lowest BCUT2D eigenvalue weighted by molar-refractivity contribution is -0.278. The number of unbranched alkanes of at least 4 members (excludes halogenated alkanes) is 8. The molecule has 0 heterocycles. The Kier molecular flexibility index (Phi) is 14.6. The van der Waals surface area contributed by atoms with Crippen LogP contribution in [-0.2, 0) is 29.4 Å². The number of hydrogen-bond acceptors (Lipinski definition) is 5. The minimum absolute atomic E-state index is 0.191. The van der Waals surface area contributed by atoms with E-state index in [2.05, 4.69) is 4.74 Å². The van der Waals surface area contributed by atoms with Gasteiger partial charge in [0, 0.05) is 19.1 Å². The summed E-state index contributed by atoms with van der Waals surface area (Å²) in [6, 6.07) is 6.93. The molecule has 2 atom stereocenters. The molecule has 0 fully saturated rings. The molecule has 0 aliphatic carbocycles. The number of alkyl halides is 3. The first-order chi connectivity index (χ1) is 16.7. The number of benzene rings is 1. The maximum atomic E-state index is 14.2. The molecule has 0 spiro atoms. The minimum Gasteiger partial charge on any atom is -0.469 e. The first-order valence-electron chi connectivity index (χ1n) is 12.7. The summed E-state index contributed by atoms with van der Waals surface area (Å²) in [6.07, 6.45) is 5.07. The third-order valence-electron chi connectivity index (χ3n) is 6.21. The predicted octanol–water partition coefficient (Wildman–Crippen LogP) is 7.27. The summed E-state index contributed by atoms with van der Waals surface area (Å²) in [5.74, 6) is -1.60. The second kappa shape index (κ2) is 16.6. The quantitative estimate of drug-likeness (QED) is 0.156. The Balaban J connectivity index is 2.67. The largest absolute Gasteiger partial charge is 0.469 e. The zero-order valence-electron chi connectivity index (χ0n) is 21.3. The van der Waals surface area contributed by atoms with Gasteiger partial charge in [0.2, 0.25) is 0 Å². The fourth-order valence-electron chi connectivity index (χ4n) is 4.13. The van der Waals surface area contributed by atoms with E-state index >= 15 is 0 Å². The van der Waals surface area contributed by atoms with E-state index in [1.54, 1.807) is 6.07 Å². The summed E-state index contributed by atoms with van der Waals surface area (Å²) >= 11 is 0. The van der Waals surface area contributed by atoms with Crippen molar-refractivity contribution in [3.05, 3.63) is 35.9 Å². The highest BCUT2D eigenvalue weighted by atomic mass is 19.4. The summed E-state index contributed by atoms with van der Waals surface area (Å²) in [7, 11) is 2.27. The average Bonchev–Trinajstić information content (AvgIpc) is 2.83. The fourth-order valence-corrected chi connectivity index (χ4v) is 4.13. The van der Waals surface area contributed by atoms with Crippen LogP contribution in [0.2, 0.25) is 0 Å². The molecule has 0 amide bonds. The van der Waals surface area contributed by atoms with Gasteiger partial charge in [-0.2, -0.15) is 13.2 Å². The molecule has 0 unspecified atom stereocenters. The minimum atomic E-state index is -4.97. The molecule has 8 heteroatoms. The molecule has 1 rings (SSSR count). The number of esters is 2. The van der Waals surface area contributed by atoms with Crippen LogP contribution in [0, 0.1) is 0 Å². The third-order valence-corrected chi connectivity index (χ3v) is 6.21. The van der Waals surface area contributed by atoms with Crippen LogP contribution >= 0.6 is 0 Å². The molecule has 0 saturated carbocycles. The second-order valence-corrected chi connectivity index (χ2v) is 8.86. The van der Waals surface area contributed by atoms with Crippen LogP contribution in [-0.4, -0.2) is 38.4 Å². The van der Waals surface area contributed by atoms with E-state index in [1.807, 2.05) is 6.92 Å². The maximum absolute atomic E-state index is 14.2. The number of halogens is 3. The number of carbonyl (C=O) groups is 2. The van der Waals surface area contributed by atoms with Crippen molar-refractivity contribution in [3.63, 3.8) is 0 Å². The predicted molar refractivity (Wildman–Crippen MR) is 129 cm³/mol. The summed E-state index contributed by atoms with van der Waals surface area (Å²) < 4.78 is 57.5. The highest BCUT2D eigenvalue weighted by Crippen LogP contribution is 2.43. The van der Waals surface area contributed by atoms with Crippen molar-refractivity contribution in [2.45, 2.75) is 108 Å². The molecular formula is C27H41F3O5. The molecule has 0 aliphatic rings. The highest BCUT2D eigenvalue weighted by molar-refractivity contribution is 5.82. The van der Waals surface area contributed by atoms with Crippen molar-refractivity contribution in [1.82, 2.24) is 0 Å². The summed E-state index contributed by atoms with van der Waals surface area (Å²) in [4.78, 5) is 24.1. The van der Waals surface area contributed by atoms with Crippen LogP contribution in [0.4, 0.5) is 13.2 Å². The number of methoxy groups -OCH3 is 2. The van der Waals surface area contributed by atoms with Gasteiger partial charge >= 0.3 is 18.1 Å². The fraction of sp³-hybridized carbons (Fsp3) is 0.704. The number of rotatable bonds is 18. The van der Waals surface area contributed by atoms with Gasteiger partial charge in [0.05, 0.1) is 7.11 Å². The van der Waals surface area contributed by atoms with Crippen LogP contribution in [0.1, 0.15) is 96.0 Å². The van der Waals surface area contributed by atoms with Crippen molar-refractivity contribution < 1.29 is 37.0 Å². The van der Waals surface area contributed by atoms with Gasteiger partial charge in [-0.15, -0.1) is 0 Å². The SMILES string of the molecule is CCCCC[C@@H](CCCCCCCCCC(=O)OC)OC(=O)[C@](OC)(c1ccccc1)C(F)(F)F. The molecule has 0 radical (unpaired) electrons. The van der Waals surface area contributed by atoms with Crippen molar-refractivity contribution in [2.75, 3.05) is 14.2 Å². The Labute approximate surface area is 207 Å². The second-order valence-electron chi connectivity index (χ2n) is 8.86. The lowest BCUT2D eigenvalue weighted by Crippen LogP contribution is -2.52. The zero-order chi connectivity index (χ0) is 26.2. The van der Waals surface area contributed by atoms with Gasteiger partial charge in [-0.05, 0) is 32.1 Å². The number of hydrogen-bond donors (Lipinski definition) is 0. The monoisotopic (exact) mass is 502 g/mol. The Hall–Kier alpha value is -2.09. The van der Waals surface area contributed by atoms with Crippen molar-refractivity contribution in [3.8, 4) is 0 Å². The lowest BCUT2D eigenvalue weighted by atomic mass is 9.92. The van der Waals surface area contributed by atoms with Gasteiger partial charge in [0.1, 0.15) is 6.10 Å². The van der Waals surface area contributed by atoms with Crippen molar-refractivity contribution in [2.24, 2.45) is 0 Å². The zero-order valence-corrected chi connectivity index (χ0v) is 21.3. The summed E-state index contributed by atoms with van der Waals surface area (Å²) in [5, 5.41) is 0. The smallest absolute Gasteiger partial charge is 0.432 e. The molecule has 0 bridgehead atoms. The lowest BCUT2D eigenvalue weighted by Gasteiger charge is -2.34. The van der Waals surface area contributed by atoms with Gasteiger partial charge in [-0.25, -0.2) is 4.79 Å². The van der Waals surface area contributed by atoms with E-state index in [4.69, 9.17) is 9.47 Å². The third kappa shape index (κ3) is 10.2. The van der Waals surface area contributed by atoms with E-state index in [9.17, 15) is 22.8 Å².